The highest BCUT2D eigenvalue weighted by atomic mass is 28.4. The third-order valence-corrected chi connectivity index (χ3v) is 12.8. The Morgan fingerprint density at radius 2 is 1.20 bits per heavy atom. The van der Waals surface area contributed by atoms with Gasteiger partial charge in [0, 0.05) is 11.6 Å². The zero-order valence-corrected chi connectivity index (χ0v) is 26.0. The van der Waals surface area contributed by atoms with Gasteiger partial charge in [-0.25, -0.2) is 0 Å². The molecule has 0 N–H and O–H groups in total. The summed E-state index contributed by atoms with van der Waals surface area (Å²) < 4.78 is 19.1. The van der Waals surface area contributed by atoms with Crippen molar-refractivity contribution in [3.05, 3.63) is 108 Å². The number of rotatable bonds is 10. The number of hydrogen-bond donors (Lipinski definition) is 0. The van der Waals surface area contributed by atoms with Gasteiger partial charge in [-0.2, -0.15) is 4.98 Å². The predicted molar refractivity (Wildman–Crippen MR) is 167 cm³/mol. The Morgan fingerprint density at radius 1 is 0.650 bits per heavy atom. The molecule has 3 aromatic carbocycles. The van der Waals surface area contributed by atoms with Gasteiger partial charge in [-0.05, 0) is 57.9 Å². The van der Waals surface area contributed by atoms with E-state index in [9.17, 15) is 0 Å². The van der Waals surface area contributed by atoms with Gasteiger partial charge in [0.25, 0.3) is 8.32 Å². The molecule has 0 spiro atoms. The molecule has 0 saturated heterocycles. The van der Waals surface area contributed by atoms with Crippen LogP contribution < -0.4 is 13.9 Å². The largest absolute Gasteiger partial charge is 0.543 e. The average Bonchev–Trinajstić information content (AvgIpc) is 2.91. The van der Waals surface area contributed by atoms with Crippen molar-refractivity contribution in [2.75, 3.05) is 0 Å². The monoisotopic (exact) mass is 553 g/mol. The van der Waals surface area contributed by atoms with Gasteiger partial charge >= 0.3 is 0 Å². The first-order valence-electron chi connectivity index (χ1n) is 14.1. The Kier molecular flexibility index (Phi) is 9.04. The zero-order chi connectivity index (χ0) is 28.8. The van der Waals surface area contributed by atoms with E-state index in [0.29, 0.717) is 25.0 Å². The molecule has 1 atom stereocenters. The first-order chi connectivity index (χ1) is 18.9. The summed E-state index contributed by atoms with van der Waals surface area (Å²) in [6.45, 7) is 17.1. The van der Waals surface area contributed by atoms with Crippen LogP contribution in [0.2, 0.25) is 17.6 Å². The van der Waals surface area contributed by atoms with Crippen molar-refractivity contribution in [2.24, 2.45) is 5.41 Å². The molecule has 40 heavy (non-hydrogen) atoms. The molecule has 0 bridgehead atoms. The minimum absolute atomic E-state index is 0.108. The number of hydrogen-bond acceptors (Lipinski definition) is 4. The highest BCUT2D eigenvalue weighted by molar-refractivity contribution is 6.76. The van der Waals surface area contributed by atoms with Crippen LogP contribution in [0, 0.1) is 5.41 Å². The van der Waals surface area contributed by atoms with Crippen LogP contribution in [0.1, 0.15) is 52.7 Å². The molecule has 4 rings (SSSR count). The Bertz CT molecular complexity index is 1360. The van der Waals surface area contributed by atoms with Crippen molar-refractivity contribution >= 4 is 8.32 Å². The van der Waals surface area contributed by atoms with Crippen LogP contribution in [-0.2, 0) is 13.2 Å². The van der Waals surface area contributed by atoms with Crippen molar-refractivity contribution in [3.63, 3.8) is 0 Å². The third-order valence-electron chi connectivity index (χ3n) is 7.25. The highest BCUT2D eigenvalue weighted by Crippen LogP contribution is 2.45. The minimum Gasteiger partial charge on any atom is -0.543 e. The lowest BCUT2D eigenvalue weighted by Gasteiger charge is -2.43. The van der Waals surface area contributed by atoms with Crippen molar-refractivity contribution in [3.8, 4) is 28.6 Å². The molecule has 1 unspecified atom stereocenters. The summed E-state index contributed by atoms with van der Waals surface area (Å²) in [6, 6.07) is 33.6. The van der Waals surface area contributed by atoms with Crippen molar-refractivity contribution < 1.29 is 13.9 Å². The minimum atomic E-state index is -2.08. The number of ether oxygens (including phenoxy) is 2. The van der Waals surface area contributed by atoms with Gasteiger partial charge in [0.2, 0.25) is 11.8 Å². The summed E-state index contributed by atoms with van der Waals surface area (Å²) in [5, 5.41) is 0.108. The van der Waals surface area contributed by atoms with Crippen LogP contribution in [-0.4, -0.2) is 13.3 Å². The molecular weight excluding hydrogens is 510 g/mol. The average molecular weight is 554 g/mol. The Balaban J connectivity index is 1.58. The van der Waals surface area contributed by atoms with Gasteiger partial charge in [-0.3, -0.25) is 0 Å². The van der Waals surface area contributed by atoms with E-state index in [1.165, 1.54) is 0 Å². The van der Waals surface area contributed by atoms with Crippen LogP contribution in [0.25, 0.3) is 11.1 Å². The van der Waals surface area contributed by atoms with Crippen LogP contribution in [0.3, 0.4) is 0 Å². The molecule has 0 aliphatic carbocycles. The lowest BCUT2D eigenvalue weighted by Crippen LogP contribution is -2.49. The van der Waals surface area contributed by atoms with Gasteiger partial charge in [-0.15, -0.1) is 0 Å². The van der Waals surface area contributed by atoms with Crippen LogP contribution in [0.4, 0.5) is 0 Å². The van der Waals surface area contributed by atoms with Gasteiger partial charge in [-0.1, -0.05) is 114 Å². The second kappa shape index (κ2) is 12.3. The second-order valence-electron chi connectivity index (χ2n) is 12.9. The summed E-state index contributed by atoms with van der Waals surface area (Å²) in [5.74, 6) is 1.99. The van der Waals surface area contributed by atoms with E-state index in [1.807, 2.05) is 60.7 Å². The van der Waals surface area contributed by atoms with Crippen LogP contribution >= 0.6 is 0 Å². The molecular formula is C35H43NO3Si. The second-order valence-corrected chi connectivity index (χ2v) is 17.4. The summed E-state index contributed by atoms with van der Waals surface area (Å²) in [7, 11) is -2.08. The Morgan fingerprint density at radius 3 is 1.73 bits per heavy atom. The summed E-state index contributed by atoms with van der Waals surface area (Å²) in [4.78, 5) is 4.76. The number of aromatic nitrogens is 1. The van der Waals surface area contributed by atoms with Crippen LogP contribution in [0.5, 0.6) is 17.5 Å². The van der Waals surface area contributed by atoms with E-state index < -0.39 is 8.32 Å². The molecule has 5 heteroatoms. The normalized spacial score (nSPS) is 13.4. The first-order valence-corrected chi connectivity index (χ1v) is 16.7. The van der Waals surface area contributed by atoms with Crippen LogP contribution in [0.15, 0.2) is 97.1 Å². The Labute approximate surface area is 241 Å². The molecule has 210 valence electrons. The zero-order valence-electron chi connectivity index (χ0n) is 25.0. The smallest absolute Gasteiger partial charge is 0.254 e. The van der Waals surface area contributed by atoms with Gasteiger partial charge < -0.3 is 13.9 Å². The number of benzene rings is 3. The highest BCUT2D eigenvalue weighted by Gasteiger charge is 2.46. The molecule has 1 heterocycles. The maximum absolute atomic E-state index is 6.83. The quantitative estimate of drug-likeness (QED) is 0.183. The van der Waals surface area contributed by atoms with E-state index in [1.54, 1.807) is 0 Å². The van der Waals surface area contributed by atoms with E-state index >= 15 is 0 Å². The fraction of sp³-hybridized carbons (Fsp3) is 0.343. The lowest BCUT2D eigenvalue weighted by atomic mass is 10.0. The fourth-order valence-electron chi connectivity index (χ4n) is 4.72. The SMILES string of the molecule is CC(C)(C)C[Si](C)(Oc1ccc(-c2ccc(OCc3ccccc3)nc2OCc2ccccc2)cc1)C(C)(C)C. The molecule has 0 aliphatic rings. The fourth-order valence-corrected chi connectivity index (χ4v) is 8.31. The molecule has 0 saturated carbocycles. The van der Waals surface area contributed by atoms with Crippen molar-refractivity contribution in [1.29, 1.82) is 0 Å². The number of nitrogens with zero attached hydrogens (tertiary/aromatic N) is 1. The van der Waals surface area contributed by atoms with Gasteiger partial charge in [0.05, 0.1) is 0 Å². The third kappa shape index (κ3) is 7.98. The molecule has 4 nitrogen and oxygen atoms in total. The first kappa shape index (κ1) is 29.4. The lowest BCUT2D eigenvalue weighted by molar-refractivity contribution is 0.268. The van der Waals surface area contributed by atoms with Crippen molar-refractivity contribution in [2.45, 2.75) is 72.4 Å². The Hall–Kier alpha value is -3.57. The molecule has 0 radical (unpaired) electrons. The van der Waals surface area contributed by atoms with Crippen molar-refractivity contribution in [1.82, 2.24) is 4.98 Å². The van der Waals surface area contributed by atoms with E-state index in [0.717, 1.165) is 34.0 Å². The summed E-state index contributed by atoms with van der Waals surface area (Å²) >= 11 is 0. The van der Waals surface area contributed by atoms with E-state index in [-0.39, 0.29) is 10.5 Å². The molecule has 0 aliphatic heterocycles. The van der Waals surface area contributed by atoms with E-state index in [4.69, 9.17) is 18.9 Å². The molecule has 4 aromatic rings. The molecule has 0 fully saturated rings. The van der Waals surface area contributed by atoms with Gasteiger partial charge in [0.1, 0.15) is 19.0 Å². The molecule has 0 amide bonds. The molecule has 1 aromatic heterocycles. The number of pyridine rings is 1. The summed E-state index contributed by atoms with van der Waals surface area (Å²) in [6.07, 6.45) is 0. The predicted octanol–water partition coefficient (Wildman–Crippen LogP) is 9.71. The van der Waals surface area contributed by atoms with Gasteiger partial charge in [0.15, 0.2) is 0 Å². The van der Waals surface area contributed by atoms with E-state index in [2.05, 4.69) is 84.5 Å². The maximum Gasteiger partial charge on any atom is 0.254 e. The maximum atomic E-state index is 6.83. The standard InChI is InChI=1S/C35H43NO3Si/c1-34(2,3)26-40(7,35(4,5)6)39-30-20-18-29(19-21-30)31-22-23-32(37-24-27-14-10-8-11-15-27)36-33(31)38-25-28-16-12-9-13-17-28/h8-23H,24-26H2,1-7H3. The summed E-state index contributed by atoms with van der Waals surface area (Å²) in [5.41, 5.74) is 4.32. The topological polar surface area (TPSA) is 40.6 Å².